The van der Waals surface area contributed by atoms with E-state index in [9.17, 15) is 4.39 Å². The largest absolute Gasteiger partial charge is 0.383 e. The molecule has 0 spiro atoms. The third-order valence-electron chi connectivity index (χ3n) is 2.68. The van der Waals surface area contributed by atoms with Crippen LogP contribution in [0.4, 0.5) is 9.52 Å². The number of thioether (sulfide) groups is 1. The molecular weight excluding hydrogens is 333 g/mol. The predicted molar refractivity (Wildman–Crippen MR) is 86.0 cm³/mol. The molecule has 0 aliphatic carbocycles. The Morgan fingerprint density at radius 3 is 3.00 bits per heavy atom. The first-order valence-corrected chi connectivity index (χ1v) is 8.35. The van der Waals surface area contributed by atoms with E-state index >= 15 is 0 Å². The molecule has 1 heterocycles. The van der Waals surface area contributed by atoms with E-state index in [1.807, 2.05) is 6.92 Å². The standard InChI is InChI=1S/C13H15ClFN3OS2/c1-8(9-3-4-11(15)10(14)7-9)20-13-18-17-12(21-13)16-5-6-19-2/h3-4,7-8H,5-6H2,1-2H3,(H,16,17). The molecule has 114 valence electrons. The molecule has 0 amide bonds. The van der Waals surface area contributed by atoms with Crippen LogP contribution in [0.1, 0.15) is 17.7 Å². The number of anilines is 1. The van der Waals surface area contributed by atoms with Gasteiger partial charge in [-0.15, -0.1) is 10.2 Å². The van der Waals surface area contributed by atoms with E-state index in [4.69, 9.17) is 16.3 Å². The number of ether oxygens (including phenoxy) is 1. The number of methoxy groups -OCH3 is 1. The summed E-state index contributed by atoms with van der Waals surface area (Å²) in [7, 11) is 1.65. The minimum Gasteiger partial charge on any atom is -0.383 e. The quantitative estimate of drug-likeness (QED) is 0.599. The molecule has 2 aromatic rings. The van der Waals surface area contributed by atoms with Crippen molar-refractivity contribution in [3.8, 4) is 0 Å². The lowest BCUT2D eigenvalue weighted by atomic mass is 10.2. The lowest BCUT2D eigenvalue weighted by Crippen LogP contribution is -2.06. The Morgan fingerprint density at radius 1 is 1.48 bits per heavy atom. The van der Waals surface area contributed by atoms with Gasteiger partial charge in [-0.05, 0) is 24.6 Å². The number of nitrogens with zero attached hydrogens (tertiary/aromatic N) is 2. The molecule has 4 nitrogen and oxygen atoms in total. The highest BCUT2D eigenvalue weighted by Gasteiger charge is 2.13. The van der Waals surface area contributed by atoms with Gasteiger partial charge in [0.1, 0.15) is 5.82 Å². The molecule has 0 fully saturated rings. The van der Waals surface area contributed by atoms with Crippen molar-refractivity contribution in [1.29, 1.82) is 0 Å². The van der Waals surface area contributed by atoms with E-state index < -0.39 is 5.82 Å². The fourth-order valence-corrected chi connectivity index (χ4v) is 3.80. The number of aromatic nitrogens is 2. The average Bonchev–Trinajstić information content (AvgIpc) is 2.89. The van der Waals surface area contributed by atoms with E-state index in [-0.39, 0.29) is 10.3 Å². The van der Waals surface area contributed by atoms with Gasteiger partial charge in [0.2, 0.25) is 5.13 Å². The van der Waals surface area contributed by atoms with Crippen LogP contribution in [0.15, 0.2) is 22.5 Å². The maximum atomic E-state index is 13.2. The van der Waals surface area contributed by atoms with Gasteiger partial charge in [-0.3, -0.25) is 0 Å². The van der Waals surface area contributed by atoms with Crippen LogP contribution in [-0.2, 0) is 4.74 Å². The number of hydrogen-bond donors (Lipinski definition) is 1. The van der Waals surface area contributed by atoms with E-state index in [1.54, 1.807) is 31.0 Å². The second-order valence-corrected chi connectivity index (χ2v) is 7.20. The molecule has 1 aromatic heterocycles. The molecule has 8 heteroatoms. The van der Waals surface area contributed by atoms with E-state index in [2.05, 4.69) is 15.5 Å². The highest BCUT2D eigenvalue weighted by atomic mass is 35.5. The van der Waals surface area contributed by atoms with Gasteiger partial charge < -0.3 is 10.1 Å². The van der Waals surface area contributed by atoms with Crippen molar-refractivity contribution in [2.45, 2.75) is 16.5 Å². The van der Waals surface area contributed by atoms with E-state index in [1.165, 1.54) is 17.4 Å². The predicted octanol–water partition coefficient (Wildman–Crippen LogP) is 4.24. The van der Waals surface area contributed by atoms with Gasteiger partial charge in [-0.2, -0.15) is 0 Å². The molecule has 0 aliphatic rings. The van der Waals surface area contributed by atoms with E-state index in [0.717, 1.165) is 15.0 Å². The van der Waals surface area contributed by atoms with Crippen molar-refractivity contribution >= 4 is 39.8 Å². The number of benzene rings is 1. The second-order valence-electron chi connectivity index (χ2n) is 4.23. The Labute approximate surface area is 136 Å². The van der Waals surface area contributed by atoms with Crippen molar-refractivity contribution in [3.05, 3.63) is 34.6 Å². The topological polar surface area (TPSA) is 47.0 Å². The van der Waals surface area contributed by atoms with Gasteiger partial charge in [0.25, 0.3) is 0 Å². The van der Waals surface area contributed by atoms with Crippen LogP contribution in [0.2, 0.25) is 5.02 Å². The summed E-state index contributed by atoms with van der Waals surface area (Å²) in [6.45, 7) is 3.33. The number of nitrogens with one attached hydrogen (secondary N) is 1. The van der Waals surface area contributed by atoms with Crippen molar-refractivity contribution in [2.24, 2.45) is 0 Å². The summed E-state index contributed by atoms with van der Waals surface area (Å²) in [5, 5.41) is 12.3. The highest BCUT2D eigenvalue weighted by Crippen LogP contribution is 2.38. The zero-order valence-corrected chi connectivity index (χ0v) is 14.0. The number of rotatable bonds is 7. The first-order valence-electron chi connectivity index (χ1n) is 6.28. The Hall–Kier alpha value is -0.890. The molecule has 1 atom stereocenters. The lowest BCUT2D eigenvalue weighted by molar-refractivity contribution is 0.211. The van der Waals surface area contributed by atoms with Crippen LogP contribution < -0.4 is 5.32 Å². The van der Waals surface area contributed by atoms with Crippen molar-refractivity contribution in [3.63, 3.8) is 0 Å². The number of hydrogen-bond acceptors (Lipinski definition) is 6. The third kappa shape index (κ3) is 4.81. The van der Waals surface area contributed by atoms with Crippen molar-refractivity contribution < 1.29 is 9.13 Å². The summed E-state index contributed by atoms with van der Waals surface area (Å²) < 4.78 is 19.0. The van der Waals surface area contributed by atoms with Crippen LogP contribution in [-0.4, -0.2) is 30.5 Å². The van der Waals surface area contributed by atoms with Crippen LogP contribution in [0.3, 0.4) is 0 Å². The Morgan fingerprint density at radius 2 is 2.29 bits per heavy atom. The molecule has 1 aromatic carbocycles. The zero-order valence-electron chi connectivity index (χ0n) is 11.6. The van der Waals surface area contributed by atoms with Crippen molar-refractivity contribution in [2.75, 3.05) is 25.6 Å². The Bertz CT molecular complexity index is 597. The second kappa shape index (κ2) is 7.93. The number of halogens is 2. The molecule has 1 unspecified atom stereocenters. The first kappa shape index (κ1) is 16.5. The Kier molecular flexibility index (Phi) is 6.22. The first-order chi connectivity index (χ1) is 10.1. The normalized spacial score (nSPS) is 12.4. The fraction of sp³-hybridized carbons (Fsp3) is 0.385. The summed E-state index contributed by atoms with van der Waals surface area (Å²) >= 11 is 8.85. The SMILES string of the molecule is COCCNc1nnc(SC(C)c2ccc(F)c(Cl)c2)s1. The lowest BCUT2D eigenvalue weighted by Gasteiger charge is -2.09. The molecule has 1 N–H and O–H groups in total. The van der Waals surface area contributed by atoms with Gasteiger partial charge in [0.15, 0.2) is 4.34 Å². The van der Waals surface area contributed by atoms with Gasteiger partial charge in [-0.25, -0.2) is 4.39 Å². The van der Waals surface area contributed by atoms with Gasteiger partial charge in [-0.1, -0.05) is 40.8 Å². The third-order valence-corrected chi connectivity index (χ3v) is 5.09. The van der Waals surface area contributed by atoms with E-state index in [0.29, 0.717) is 13.2 Å². The fourth-order valence-electron chi connectivity index (χ4n) is 1.57. The smallest absolute Gasteiger partial charge is 0.206 e. The molecule has 0 radical (unpaired) electrons. The molecule has 0 bridgehead atoms. The minimum atomic E-state index is -0.404. The molecule has 2 rings (SSSR count). The average molecular weight is 348 g/mol. The summed E-state index contributed by atoms with van der Waals surface area (Å²) in [5.41, 5.74) is 0.954. The van der Waals surface area contributed by atoms with Crippen molar-refractivity contribution in [1.82, 2.24) is 10.2 Å². The van der Waals surface area contributed by atoms with Gasteiger partial charge in [0.05, 0.1) is 11.6 Å². The summed E-state index contributed by atoms with van der Waals surface area (Å²) in [6.07, 6.45) is 0. The monoisotopic (exact) mass is 347 g/mol. The molecule has 21 heavy (non-hydrogen) atoms. The minimum absolute atomic E-state index is 0.114. The maximum absolute atomic E-state index is 13.2. The highest BCUT2D eigenvalue weighted by molar-refractivity contribution is 8.01. The van der Waals surface area contributed by atoms with Crippen LogP contribution in [0.25, 0.3) is 0 Å². The summed E-state index contributed by atoms with van der Waals surface area (Å²) in [4.78, 5) is 0. The Balaban J connectivity index is 1.95. The zero-order chi connectivity index (χ0) is 15.2. The molecule has 0 aliphatic heterocycles. The van der Waals surface area contributed by atoms with Crippen LogP contribution >= 0.6 is 34.7 Å². The van der Waals surface area contributed by atoms with Crippen LogP contribution in [0.5, 0.6) is 0 Å². The molecular formula is C13H15ClFN3OS2. The molecule has 0 saturated heterocycles. The maximum Gasteiger partial charge on any atom is 0.206 e. The van der Waals surface area contributed by atoms with Crippen LogP contribution in [0, 0.1) is 5.82 Å². The van der Waals surface area contributed by atoms with Gasteiger partial charge >= 0.3 is 0 Å². The van der Waals surface area contributed by atoms with Gasteiger partial charge in [0, 0.05) is 18.9 Å². The molecule has 0 saturated carbocycles. The summed E-state index contributed by atoms with van der Waals surface area (Å²) in [6, 6.07) is 4.76. The summed E-state index contributed by atoms with van der Waals surface area (Å²) in [5.74, 6) is -0.404.